The second-order valence-electron chi connectivity index (χ2n) is 8.23. The van der Waals surface area contributed by atoms with E-state index in [1.807, 2.05) is 37.3 Å². The van der Waals surface area contributed by atoms with Gasteiger partial charge in [0.05, 0.1) is 10.5 Å². The van der Waals surface area contributed by atoms with Crippen LogP contribution < -0.4 is 10.3 Å². The zero-order valence-electron chi connectivity index (χ0n) is 17.9. The molecule has 1 saturated carbocycles. The molecule has 0 saturated heterocycles. The molecule has 0 spiro atoms. The maximum atomic E-state index is 13.0. The van der Waals surface area contributed by atoms with E-state index in [4.69, 9.17) is 4.42 Å². The van der Waals surface area contributed by atoms with Gasteiger partial charge in [-0.05, 0) is 42.9 Å². The van der Waals surface area contributed by atoms with Crippen molar-refractivity contribution in [3.05, 3.63) is 94.0 Å². The van der Waals surface area contributed by atoms with Crippen LogP contribution in [0.2, 0.25) is 0 Å². The minimum atomic E-state index is -3.69. The Morgan fingerprint density at radius 1 is 1.06 bits per heavy atom. The van der Waals surface area contributed by atoms with Crippen molar-refractivity contribution in [3.63, 3.8) is 0 Å². The van der Waals surface area contributed by atoms with Crippen molar-refractivity contribution in [2.45, 2.75) is 42.9 Å². The van der Waals surface area contributed by atoms with Gasteiger partial charge in [-0.2, -0.15) is 0 Å². The molecule has 0 amide bonds. The van der Waals surface area contributed by atoms with E-state index in [-0.39, 0.29) is 34.4 Å². The maximum Gasteiger partial charge on any atom is 0.343 e. The first kappa shape index (κ1) is 22.3. The van der Waals surface area contributed by atoms with Crippen molar-refractivity contribution in [3.8, 4) is 5.75 Å². The summed E-state index contributed by atoms with van der Waals surface area (Å²) in [6.45, 7) is 1.93. The standard InChI is InChI=1S/C25H27NO5S/c1-2-17(16-26-32(29,30)20-11-7-4-8-12-20)22-15-21(27)24(25(28)31-22)23(19-13-14-19)18-9-5-3-6-10-18/h3-12,15,17,19,23,26-27H,2,13-14,16H2,1H3. The molecule has 2 unspecified atom stereocenters. The molecule has 3 aromatic rings. The van der Waals surface area contributed by atoms with Gasteiger partial charge >= 0.3 is 5.63 Å². The topological polar surface area (TPSA) is 96.6 Å². The van der Waals surface area contributed by atoms with Crippen LogP contribution >= 0.6 is 0 Å². The van der Waals surface area contributed by atoms with Gasteiger partial charge < -0.3 is 9.52 Å². The number of hydrogen-bond acceptors (Lipinski definition) is 5. The number of aromatic hydroxyl groups is 1. The van der Waals surface area contributed by atoms with E-state index in [1.165, 1.54) is 18.2 Å². The summed E-state index contributed by atoms with van der Waals surface area (Å²) in [7, 11) is -3.69. The third-order valence-electron chi connectivity index (χ3n) is 6.02. The predicted molar refractivity (Wildman–Crippen MR) is 122 cm³/mol. The Kier molecular flexibility index (Phi) is 6.48. The summed E-state index contributed by atoms with van der Waals surface area (Å²) in [4.78, 5) is 13.2. The molecule has 1 aromatic heterocycles. The third-order valence-corrected chi connectivity index (χ3v) is 7.46. The van der Waals surface area contributed by atoms with Crippen LogP contribution in [0.5, 0.6) is 5.75 Å². The van der Waals surface area contributed by atoms with Crippen molar-refractivity contribution in [2.24, 2.45) is 5.92 Å². The van der Waals surface area contributed by atoms with Gasteiger partial charge in [-0.1, -0.05) is 55.5 Å². The van der Waals surface area contributed by atoms with Gasteiger partial charge in [-0.3, -0.25) is 0 Å². The number of benzene rings is 2. The Labute approximate surface area is 188 Å². The monoisotopic (exact) mass is 453 g/mol. The second kappa shape index (κ2) is 9.30. The van der Waals surface area contributed by atoms with Gasteiger partial charge in [0.1, 0.15) is 11.5 Å². The van der Waals surface area contributed by atoms with Crippen LogP contribution in [-0.4, -0.2) is 20.1 Å². The highest BCUT2D eigenvalue weighted by Crippen LogP contribution is 2.47. The molecule has 2 N–H and O–H groups in total. The Bertz CT molecular complexity index is 1220. The zero-order valence-corrected chi connectivity index (χ0v) is 18.7. The summed E-state index contributed by atoms with van der Waals surface area (Å²) in [5, 5.41) is 10.8. The fraction of sp³-hybridized carbons (Fsp3) is 0.320. The quantitative estimate of drug-likeness (QED) is 0.502. The molecule has 1 fully saturated rings. The van der Waals surface area contributed by atoms with E-state index in [0.29, 0.717) is 12.3 Å². The minimum absolute atomic E-state index is 0.0557. The lowest BCUT2D eigenvalue weighted by atomic mass is 9.87. The Balaban J connectivity index is 1.60. The number of hydrogen-bond donors (Lipinski definition) is 2. The van der Waals surface area contributed by atoms with Crippen LogP contribution in [0.15, 0.2) is 80.8 Å². The summed E-state index contributed by atoms with van der Waals surface area (Å²) in [5.74, 6) is -0.120. The fourth-order valence-electron chi connectivity index (χ4n) is 4.10. The SMILES string of the molecule is CCC(CNS(=O)(=O)c1ccccc1)c1cc(O)c(C(c2ccccc2)C2CC2)c(=O)o1. The van der Waals surface area contributed by atoms with Crippen LogP contribution in [0.25, 0.3) is 0 Å². The van der Waals surface area contributed by atoms with Crippen molar-refractivity contribution < 1.29 is 17.9 Å². The van der Waals surface area contributed by atoms with Crippen LogP contribution in [0.3, 0.4) is 0 Å². The first-order valence-electron chi connectivity index (χ1n) is 10.9. The van der Waals surface area contributed by atoms with Gasteiger partial charge in [0.15, 0.2) is 0 Å². The van der Waals surface area contributed by atoms with E-state index < -0.39 is 21.6 Å². The maximum absolute atomic E-state index is 13.0. The predicted octanol–water partition coefficient (Wildman–Crippen LogP) is 4.36. The molecule has 0 bridgehead atoms. The second-order valence-corrected chi connectivity index (χ2v) is 10.00. The van der Waals surface area contributed by atoms with Gasteiger partial charge in [-0.15, -0.1) is 0 Å². The number of rotatable bonds is 9. The van der Waals surface area contributed by atoms with E-state index in [2.05, 4.69) is 4.72 Å². The first-order valence-corrected chi connectivity index (χ1v) is 12.4. The summed E-state index contributed by atoms with van der Waals surface area (Å²) >= 11 is 0. The highest BCUT2D eigenvalue weighted by atomic mass is 32.2. The molecule has 0 aliphatic heterocycles. The molecule has 7 heteroatoms. The molecule has 168 valence electrons. The largest absolute Gasteiger partial charge is 0.507 e. The van der Waals surface area contributed by atoms with Gasteiger partial charge in [0.2, 0.25) is 10.0 Å². The van der Waals surface area contributed by atoms with Gasteiger partial charge in [0.25, 0.3) is 0 Å². The molecule has 2 aromatic carbocycles. The van der Waals surface area contributed by atoms with Crippen molar-refractivity contribution in [1.29, 1.82) is 0 Å². The molecular formula is C25H27NO5S. The third kappa shape index (κ3) is 4.79. The molecular weight excluding hydrogens is 426 g/mol. The Morgan fingerprint density at radius 3 is 2.25 bits per heavy atom. The van der Waals surface area contributed by atoms with Crippen LogP contribution in [0.1, 0.15) is 54.9 Å². The average Bonchev–Trinajstić information content (AvgIpc) is 3.63. The lowest BCUT2D eigenvalue weighted by Crippen LogP contribution is -2.29. The zero-order chi connectivity index (χ0) is 22.7. The smallest absolute Gasteiger partial charge is 0.343 e. The highest BCUT2D eigenvalue weighted by molar-refractivity contribution is 7.89. The summed E-state index contributed by atoms with van der Waals surface area (Å²) in [6, 6.07) is 19.3. The summed E-state index contributed by atoms with van der Waals surface area (Å²) < 4.78 is 33.3. The van der Waals surface area contributed by atoms with Crippen molar-refractivity contribution >= 4 is 10.0 Å². The number of nitrogens with one attached hydrogen (secondary N) is 1. The first-order chi connectivity index (χ1) is 15.4. The molecule has 6 nitrogen and oxygen atoms in total. The van der Waals surface area contributed by atoms with E-state index in [0.717, 1.165) is 18.4 Å². The Hall–Kier alpha value is -2.90. The molecule has 0 radical (unpaired) electrons. The summed E-state index contributed by atoms with van der Waals surface area (Å²) in [6.07, 6.45) is 2.53. The highest BCUT2D eigenvalue weighted by Gasteiger charge is 2.37. The normalized spacial score (nSPS) is 15.9. The lowest BCUT2D eigenvalue weighted by Gasteiger charge is -2.20. The van der Waals surface area contributed by atoms with Gasteiger partial charge in [0, 0.05) is 24.4 Å². The van der Waals surface area contributed by atoms with Crippen LogP contribution in [0.4, 0.5) is 0 Å². The molecule has 1 heterocycles. The summed E-state index contributed by atoms with van der Waals surface area (Å²) in [5.41, 5.74) is 0.695. The van der Waals surface area contributed by atoms with E-state index in [9.17, 15) is 18.3 Å². The fourth-order valence-corrected chi connectivity index (χ4v) is 5.20. The van der Waals surface area contributed by atoms with E-state index >= 15 is 0 Å². The number of sulfonamides is 1. The lowest BCUT2D eigenvalue weighted by molar-refractivity contribution is 0.379. The molecule has 1 aliphatic carbocycles. The van der Waals surface area contributed by atoms with Gasteiger partial charge in [-0.25, -0.2) is 17.9 Å². The van der Waals surface area contributed by atoms with Crippen LogP contribution in [-0.2, 0) is 10.0 Å². The van der Waals surface area contributed by atoms with Crippen molar-refractivity contribution in [2.75, 3.05) is 6.54 Å². The molecule has 32 heavy (non-hydrogen) atoms. The Morgan fingerprint density at radius 2 is 1.69 bits per heavy atom. The molecule has 4 rings (SSSR count). The van der Waals surface area contributed by atoms with Crippen molar-refractivity contribution in [1.82, 2.24) is 4.72 Å². The molecule has 1 aliphatic rings. The average molecular weight is 454 g/mol. The van der Waals surface area contributed by atoms with Crippen LogP contribution in [0, 0.1) is 5.92 Å². The molecule has 2 atom stereocenters. The minimum Gasteiger partial charge on any atom is -0.507 e. The van der Waals surface area contributed by atoms with E-state index in [1.54, 1.807) is 18.2 Å².